The van der Waals surface area contributed by atoms with Crippen LogP contribution in [-0.2, 0) is 0 Å². The van der Waals surface area contributed by atoms with Gasteiger partial charge in [-0.15, -0.1) is 0 Å². The van der Waals surface area contributed by atoms with Crippen LogP contribution in [0.15, 0.2) is 0 Å². The summed E-state index contributed by atoms with van der Waals surface area (Å²) in [5.41, 5.74) is 0. The molecule has 0 aromatic heterocycles. The third-order valence-electron chi connectivity index (χ3n) is 3.19. The first-order valence-electron chi connectivity index (χ1n) is 7.39. The van der Waals surface area contributed by atoms with Gasteiger partial charge in [0.2, 0.25) is 0 Å². The van der Waals surface area contributed by atoms with Crippen molar-refractivity contribution >= 4 is 6.75 Å². The molecule has 0 aromatic rings. The second-order valence-electron chi connectivity index (χ2n) is 5.22. The highest BCUT2D eigenvalue weighted by molar-refractivity contribution is 6.56. The second kappa shape index (κ2) is 11.1. The Hall–Kier alpha value is -0.0551. The van der Waals surface area contributed by atoms with Gasteiger partial charge >= 0.3 is 6.75 Å². The number of rotatable bonds is 12. The zero-order valence-electron chi connectivity index (χ0n) is 11.4. The van der Waals surface area contributed by atoms with Crippen molar-refractivity contribution < 1.29 is 15.1 Å². The van der Waals surface area contributed by atoms with Crippen LogP contribution in [0, 0.1) is 0 Å². The summed E-state index contributed by atoms with van der Waals surface area (Å²) in [5, 5.41) is 26.2. The van der Waals surface area contributed by atoms with Crippen LogP contribution in [0.2, 0.25) is 6.32 Å². The topological polar surface area (TPSA) is 60.7 Å². The summed E-state index contributed by atoms with van der Waals surface area (Å²) in [7, 11) is 0. The molecule has 0 rings (SSSR count). The van der Waals surface area contributed by atoms with Crippen molar-refractivity contribution in [2.45, 2.75) is 83.9 Å². The van der Waals surface area contributed by atoms with Gasteiger partial charge in [0.1, 0.15) is 0 Å². The average molecular weight is 245 g/mol. The Labute approximate surface area is 106 Å². The average Bonchev–Trinajstić information content (AvgIpc) is 2.24. The number of hydrogen-bond donors (Lipinski definition) is 3. The smallest absolute Gasteiger partial charge is 0.371 e. The minimum absolute atomic E-state index is 0.122. The molecular weight excluding hydrogens is 215 g/mol. The molecular formula is C13H30BO3-. The molecule has 0 bridgehead atoms. The summed E-state index contributed by atoms with van der Waals surface area (Å²) in [6.07, 6.45) is 13.6. The molecule has 3 nitrogen and oxygen atoms in total. The lowest BCUT2D eigenvalue weighted by molar-refractivity contribution is 0.226. The summed E-state index contributed by atoms with van der Waals surface area (Å²) < 4.78 is 0. The molecule has 0 amide bonds. The van der Waals surface area contributed by atoms with Crippen molar-refractivity contribution in [1.29, 1.82) is 0 Å². The van der Waals surface area contributed by atoms with E-state index in [2.05, 4.69) is 6.92 Å². The Morgan fingerprint density at radius 3 is 1.29 bits per heavy atom. The van der Waals surface area contributed by atoms with E-state index >= 15 is 0 Å². The van der Waals surface area contributed by atoms with Crippen LogP contribution in [0.1, 0.15) is 77.6 Å². The van der Waals surface area contributed by atoms with Gasteiger partial charge in [-0.3, -0.25) is 0 Å². The van der Waals surface area contributed by atoms with E-state index in [-0.39, 0.29) is 6.32 Å². The lowest BCUT2D eigenvalue weighted by Gasteiger charge is -2.19. The third kappa shape index (κ3) is 15.9. The Morgan fingerprint density at radius 2 is 0.941 bits per heavy atom. The van der Waals surface area contributed by atoms with Crippen LogP contribution in [0.5, 0.6) is 0 Å². The van der Waals surface area contributed by atoms with E-state index in [0.29, 0.717) is 6.42 Å². The standard InChI is InChI=1S/C13H30BO3/c1-2-3-4-5-6-7-8-9-10-11-12-13-14(15,16)17/h15-17H,2-13H2,1H3/q-1. The molecule has 0 heterocycles. The predicted molar refractivity (Wildman–Crippen MR) is 73.7 cm³/mol. The fourth-order valence-corrected chi connectivity index (χ4v) is 2.08. The molecule has 0 radical (unpaired) electrons. The van der Waals surface area contributed by atoms with E-state index in [4.69, 9.17) is 15.1 Å². The van der Waals surface area contributed by atoms with Crippen molar-refractivity contribution in [2.75, 3.05) is 0 Å². The number of unbranched alkanes of at least 4 members (excludes halogenated alkanes) is 10. The normalized spacial score (nSPS) is 12.0. The number of hydrogen-bond acceptors (Lipinski definition) is 3. The quantitative estimate of drug-likeness (QED) is 0.365. The fourth-order valence-electron chi connectivity index (χ4n) is 2.08. The summed E-state index contributed by atoms with van der Waals surface area (Å²) in [4.78, 5) is 0. The first-order valence-corrected chi connectivity index (χ1v) is 7.39. The molecule has 0 fully saturated rings. The highest BCUT2D eigenvalue weighted by Gasteiger charge is 2.13. The van der Waals surface area contributed by atoms with Crippen molar-refractivity contribution in [3.8, 4) is 0 Å². The van der Waals surface area contributed by atoms with Crippen molar-refractivity contribution in [2.24, 2.45) is 0 Å². The van der Waals surface area contributed by atoms with Gasteiger partial charge in [0.15, 0.2) is 0 Å². The monoisotopic (exact) mass is 245 g/mol. The van der Waals surface area contributed by atoms with E-state index in [9.17, 15) is 0 Å². The van der Waals surface area contributed by atoms with Crippen LogP contribution < -0.4 is 0 Å². The molecule has 104 valence electrons. The minimum atomic E-state index is -3.04. The molecule has 4 heteroatoms. The van der Waals surface area contributed by atoms with Crippen molar-refractivity contribution in [3.63, 3.8) is 0 Å². The molecule has 0 aliphatic heterocycles. The molecule has 0 spiro atoms. The fraction of sp³-hybridized carbons (Fsp3) is 1.00. The molecule has 0 aliphatic carbocycles. The molecule has 0 aliphatic rings. The molecule has 0 saturated carbocycles. The van der Waals surface area contributed by atoms with E-state index in [1.54, 1.807) is 0 Å². The Kier molecular flexibility index (Phi) is 11.0. The first kappa shape index (κ1) is 16.9. The lowest BCUT2D eigenvalue weighted by atomic mass is 9.74. The van der Waals surface area contributed by atoms with Crippen LogP contribution in [0.3, 0.4) is 0 Å². The molecule has 0 aromatic carbocycles. The van der Waals surface area contributed by atoms with E-state index < -0.39 is 6.75 Å². The third-order valence-corrected chi connectivity index (χ3v) is 3.19. The summed E-state index contributed by atoms with van der Waals surface area (Å²) in [5.74, 6) is 0. The highest BCUT2D eigenvalue weighted by atomic mass is 16.5. The Balaban J connectivity index is 2.99. The van der Waals surface area contributed by atoms with E-state index in [1.165, 1.54) is 51.4 Å². The van der Waals surface area contributed by atoms with Gasteiger partial charge in [-0.2, -0.15) is 0 Å². The van der Waals surface area contributed by atoms with Gasteiger partial charge in [0.05, 0.1) is 0 Å². The lowest BCUT2D eigenvalue weighted by Crippen LogP contribution is -2.33. The van der Waals surface area contributed by atoms with Crippen LogP contribution >= 0.6 is 0 Å². The summed E-state index contributed by atoms with van der Waals surface area (Å²) >= 11 is 0. The Morgan fingerprint density at radius 1 is 0.588 bits per heavy atom. The molecule has 0 saturated heterocycles. The van der Waals surface area contributed by atoms with Gasteiger partial charge in [-0.1, -0.05) is 83.9 Å². The molecule has 17 heavy (non-hydrogen) atoms. The second-order valence-corrected chi connectivity index (χ2v) is 5.22. The summed E-state index contributed by atoms with van der Waals surface area (Å²) in [6.45, 7) is -0.803. The highest BCUT2D eigenvalue weighted by Crippen LogP contribution is 2.13. The minimum Gasteiger partial charge on any atom is -0.560 e. The SMILES string of the molecule is CCCCCCCCCCCCC[B-](O)(O)O. The first-order chi connectivity index (χ1) is 8.06. The maximum absolute atomic E-state index is 8.73. The zero-order chi connectivity index (χ0) is 13.0. The van der Waals surface area contributed by atoms with Gasteiger partial charge < -0.3 is 15.1 Å². The van der Waals surface area contributed by atoms with Crippen molar-refractivity contribution in [1.82, 2.24) is 0 Å². The van der Waals surface area contributed by atoms with Gasteiger partial charge in [-0.25, -0.2) is 0 Å². The van der Waals surface area contributed by atoms with E-state index in [0.717, 1.165) is 12.8 Å². The molecule has 0 atom stereocenters. The zero-order valence-corrected chi connectivity index (χ0v) is 11.4. The van der Waals surface area contributed by atoms with Crippen LogP contribution in [-0.4, -0.2) is 21.8 Å². The molecule has 3 N–H and O–H groups in total. The van der Waals surface area contributed by atoms with Crippen LogP contribution in [0.4, 0.5) is 0 Å². The van der Waals surface area contributed by atoms with E-state index in [1.807, 2.05) is 0 Å². The molecule has 0 unspecified atom stereocenters. The van der Waals surface area contributed by atoms with Crippen LogP contribution in [0.25, 0.3) is 0 Å². The van der Waals surface area contributed by atoms with Crippen molar-refractivity contribution in [3.05, 3.63) is 0 Å². The predicted octanol–water partition coefficient (Wildman–Crippen LogP) is 3.21. The van der Waals surface area contributed by atoms with Gasteiger partial charge in [-0.05, 0) is 0 Å². The maximum Gasteiger partial charge on any atom is 0.371 e. The maximum atomic E-state index is 8.73. The van der Waals surface area contributed by atoms with Gasteiger partial charge in [0.25, 0.3) is 0 Å². The largest absolute Gasteiger partial charge is 0.560 e. The summed E-state index contributed by atoms with van der Waals surface area (Å²) in [6, 6.07) is 0. The van der Waals surface area contributed by atoms with Gasteiger partial charge in [0, 0.05) is 0 Å². The Bertz CT molecular complexity index is 157.